The number of hydrogen-bond donors (Lipinski definition) is 3. The molecule has 0 unspecified atom stereocenters. The summed E-state index contributed by atoms with van der Waals surface area (Å²) < 4.78 is 0. The number of carbonyl (C=O) groups is 2. The third-order valence-electron chi connectivity index (χ3n) is 6.03. The number of pyridine rings is 1. The second kappa shape index (κ2) is 9.24. The van der Waals surface area contributed by atoms with Crippen molar-refractivity contribution in [2.75, 3.05) is 5.32 Å². The minimum absolute atomic E-state index is 0.0256. The van der Waals surface area contributed by atoms with Crippen molar-refractivity contribution in [3.05, 3.63) is 78.1 Å². The molecule has 0 bridgehead atoms. The smallest absolute Gasteiger partial charge is 0.255 e. The van der Waals surface area contributed by atoms with Crippen molar-refractivity contribution in [3.63, 3.8) is 0 Å². The molecule has 0 spiro atoms. The molecule has 2 aromatic heterocycles. The Kier molecular flexibility index (Phi) is 5.85. The van der Waals surface area contributed by atoms with Crippen molar-refractivity contribution in [2.24, 2.45) is 0 Å². The SMILES string of the molecule is O=C(Nc1cccnc1)c1ccc2[nH]c(-c3ccc(C(=O)NC4CCCCC4)cc3)nc2c1. The van der Waals surface area contributed by atoms with Crippen LogP contribution in [-0.2, 0) is 0 Å². The third-order valence-corrected chi connectivity index (χ3v) is 6.03. The summed E-state index contributed by atoms with van der Waals surface area (Å²) in [6.45, 7) is 0. The van der Waals surface area contributed by atoms with Crippen LogP contribution in [0.25, 0.3) is 22.4 Å². The summed E-state index contributed by atoms with van der Waals surface area (Å²) in [5.74, 6) is 0.444. The van der Waals surface area contributed by atoms with E-state index in [9.17, 15) is 9.59 Å². The highest BCUT2D eigenvalue weighted by molar-refractivity contribution is 6.06. The van der Waals surface area contributed by atoms with Gasteiger partial charge in [0.15, 0.2) is 0 Å². The second-order valence-electron chi connectivity index (χ2n) is 8.40. The minimum atomic E-state index is -0.220. The quantitative estimate of drug-likeness (QED) is 0.410. The van der Waals surface area contributed by atoms with Crippen LogP contribution in [0.5, 0.6) is 0 Å². The number of H-pyrrole nitrogens is 1. The zero-order chi connectivity index (χ0) is 22.6. The molecule has 7 nitrogen and oxygen atoms in total. The summed E-state index contributed by atoms with van der Waals surface area (Å²) in [6, 6.07) is 16.6. The van der Waals surface area contributed by atoms with Gasteiger partial charge < -0.3 is 15.6 Å². The molecule has 2 aromatic carbocycles. The van der Waals surface area contributed by atoms with E-state index in [4.69, 9.17) is 0 Å². The van der Waals surface area contributed by atoms with Gasteiger partial charge in [0, 0.05) is 28.9 Å². The standard InChI is InChI=1S/C26H25N5O2/c32-25(28-20-5-2-1-3-6-20)18-10-8-17(9-11-18)24-30-22-13-12-19(15-23(22)31-24)26(33)29-21-7-4-14-27-16-21/h4,7-16,20H,1-3,5-6H2,(H,28,32)(H,29,33)(H,30,31). The molecule has 1 aliphatic carbocycles. The van der Waals surface area contributed by atoms with E-state index in [1.54, 1.807) is 36.7 Å². The van der Waals surface area contributed by atoms with Gasteiger partial charge in [0.1, 0.15) is 5.82 Å². The van der Waals surface area contributed by atoms with Gasteiger partial charge in [0.05, 0.1) is 22.9 Å². The van der Waals surface area contributed by atoms with Gasteiger partial charge in [-0.1, -0.05) is 31.4 Å². The fourth-order valence-electron chi connectivity index (χ4n) is 4.22. The molecule has 4 aromatic rings. The van der Waals surface area contributed by atoms with E-state index in [-0.39, 0.29) is 17.9 Å². The zero-order valence-electron chi connectivity index (χ0n) is 18.2. The van der Waals surface area contributed by atoms with E-state index in [2.05, 4.69) is 25.6 Å². The topological polar surface area (TPSA) is 99.8 Å². The Hall–Kier alpha value is -4.00. The summed E-state index contributed by atoms with van der Waals surface area (Å²) in [5, 5.41) is 5.98. The van der Waals surface area contributed by atoms with Crippen LogP contribution >= 0.6 is 0 Å². The van der Waals surface area contributed by atoms with E-state index >= 15 is 0 Å². The lowest BCUT2D eigenvalue weighted by Gasteiger charge is -2.22. The highest BCUT2D eigenvalue weighted by atomic mass is 16.2. The molecular formula is C26H25N5O2. The Morgan fingerprint density at radius 1 is 0.909 bits per heavy atom. The average Bonchev–Trinajstić information content (AvgIpc) is 3.29. The number of imidazole rings is 1. The van der Waals surface area contributed by atoms with Crippen LogP contribution in [0.4, 0.5) is 5.69 Å². The molecule has 0 atom stereocenters. The Labute approximate surface area is 191 Å². The van der Waals surface area contributed by atoms with Gasteiger partial charge in [-0.25, -0.2) is 4.98 Å². The van der Waals surface area contributed by atoms with Crippen molar-refractivity contribution < 1.29 is 9.59 Å². The van der Waals surface area contributed by atoms with E-state index in [0.29, 0.717) is 28.2 Å². The van der Waals surface area contributed by atoms with Gasteiger partial charge >= 0.3 is 0 Å². The normalized spacial score (nSPS) is 14.2. The number of anilines is 1. The monoisotopic (exact) mass is 439 g/mol. The zero-order valence-corrected chi connectivity index (χ0v) is 18.2. The Bertz CT molecular complexity index is 1280. The first-order valence-corrected chi connectivity index (χ1v) is 11.3. The van der Waals surface area contributed by atoms with Crippen molar-refractivity contribution >= 4 is 28.5 Å². The predicted octanol–water partition coefficient (Wildman–Crippen LogP) is 4.94. The van der Waals surface area contributed by atoms with E-state index in [1.165, 1.54) is 19.3 Å². The van der Waals surface area contributed by atoms with Crippen LogP contribution in [-0.4, -0.2) is 32.8 Å². The number of carbonyl (C=O) groups excluding carboxylic acids is 2. The lowest BCUT2D eigenvalue weighted by Crippen LogP contribution is -2.36. The van der Waals surface area contributed by atoms with Gasteiger partial charge in [0.25, 0.3) is 11.8 Å². The average molecular weight is 440 g/mol. The molecule has 2 heterocycles. The number of aromatic nitrogens is 3. The Balaban J connectivity index is 1.30. The summed E-state index contributed by atoms with van der Waals surface area (Å²) in [7, 11) is 0. The largest absolute Gasteiger partial charge is 0.349 e. The third kappa shape index (κ3) is 4.77. The number of nitrogens with zero attached hydrogens (tertiary/aromatic N) is 2. The molecule has 0 aliphatic heterocycles. The van der Waals surface area contributed by atoms with Crippen molar-refractivity contribution in [1.82, 2.24) is 20.3 Å². The first-order valence-electron chi connectivity index (χ1n) is 11.3. The second-order valence-corrected chi connectivity index (χ2v) is 8.40. The molecule has 7 heteroatoms. The maximum atomic E-state index is 12.6. The van der Waals surface area contributed by atoms with Crippen LogP contribution in [0, 0.1) is 0 Å². The summed E-state index contributed by atoms with van der Waals surface area (Å²) >= 11 is 0. The van der Waals surface area contributed by atoms with Crippen LogP contribution in [0.15, 0.2) is 67.0 Å². The molecule has 1 fully saturated rings. The molecule has 5 rings (SSSR count). The number of aromatic amines is 1. The van der Waals surface area contributed by atoms with Crippen molar-refractivity contribution in [1.29, 1.82) is 0 Å². The summed E-state index contributed by atoms with van der Waals surface area (Å²) in [4.78, 5) is 37.1. The fourth-order valence-corrected chi connectivity index (χ4v) is 4.22. The molecule has 1 saturated carbocycles. The molecular weight excluding hydrogens is 414 g/mol. The maximum absolute atomic E-state index is 12.6. The highest BCUT2D eigenvalue weighted by Gasteiger charge is 2.17. The molecule has 0 radical (unpaired) electrons. The number of rotatable bonds is 5. The lowest BCUT2D eigenvalue weighted by atomic mass is 9.95. The van der Waals surface area contributed by atoms with Crippen molar-refractivity contribution in [2.45, 2.75) is 38.1 Å². The predicted molar refractivity (Wildman–Crippen MR) is 128 cm³/mol. The van der Waals surface area contributed by atoms with Crippen LogP contribution in [0.2, 0.25) is 0 Å². The molecule has 3 N–H and O–H groups in total. The first kappa shape index (κ1) is 20.9. The van der Waals surface area contributed by atoms with Gasteiger partial charge in [-0.05, 0) is 55.3 Å². The van der Waals surface area contributed by atoms with E-state index < -0.39 is 0 Å². The Morgan fingerprint density at radius 2 is 1.70 bits per heavy atom. The maximum Gasteiger partial charge on any atom is 0.255 e. The van der Waals surface area contributed by atoms with Crippen molar-refractivity contribution in [3.8, 4) is 11.4 Å². The van der Waals surface area contributed by atoms with Crippen LogP contribution in [0.1, 0.15) is 52.8 Å². The van der Waals surface area contributed by atoms with Crippen LogP contribution < -0.4 is 10.6 Å². The van der Waals surface area contributed by atoms with E-state index in [0.717, 1.165) is 23.9 Å². The van der Waals surface area contributed by atoms with Gasteiger partial charge in [-0.2, -0.15) is 0 Å². The molecule has 33 heavy (non-hydrogen) atoms. The molecule has 166 valence electrons. The number of nitrogens with one attached hydrogen (secondary N) is 3. The molecule has 2 amide bonds. The van der Waals surface area contributed by atoms with Gasteiger partial charge in [0.2, 0.25) is 0 Å². The van der Waals surface area contributed by atoms with Gasteiger partial charge in [-0.15, -0.1) is 0 Å². The first-order chi connectivity index (χ1) is 16.2. The fraction of sp³-hybridized carbons (Fsp3) is 0.231. The molecule has 0 saturated heterocycles. The Morgan fingerprint density at radius 3 is 2.45 bits per heavy atom. The summed E-state index contributed by atoms with van der Waals surface area (Å²) in [6.07, 6.45) is 9.00. The lowest BCUT2D eigenvalue weighted by molar-refractivity contribution is 0.0927. The minimum Gasteiger partial charge on any atom is -0.349 e. The van der Waals surface area contributed by atoms with E-state index in [1.807, 2.05) is 30.3 Å². The summed E-state index contributed by atoms with van der Waals surface area (Å²) in [5.41, 5.74) is 4.21. The highest BCUT2D eigenvalue weighted by Crippen LogP contribution is 2.23. The number of hydrogen-bond acceptors (Lipinski definition) is 4. The van der Waals surface area contributed by atoms with Gasteiger partial charge in [-0.3, -0.25) is 14.6 Å². The number of fused-ring (bicyclic) bond motifs is 1. The number of amides is 2. The van der Waals surface area contributed by atoms with Crippen LogP contribution in [0.3, 0.4) is 0 Å². The number of benzene rings is 2. The molecule has 1 aliphatic rings.